The molecule has 0 aliphatic carbocycles. The van der Waals surface area contributed by atoms with Crippen LogP contribution in [0.3, 0.4) is 0 Å². The van der Waals surface area contributed by atoms with Crippen molar-refractivity contribution in [1.29, 1.82) is 5.26 Å². The SMILES string of the molecule is CON(/N=C(/N=N/C#N)[N+](=O)[O-])Oc1ccccc1. The van der Waals surface area contributed by atoms with Gasteiger partial charge in [0.05, 0.1) is 22.7 Å². The van der Waals surface area contributed by atoms with Crippen LogP contribution in [0.2, 0.25) is 0 Å². The summed E-state index contributed by atoms with van der Waals surface area (Å²) in [7, 11) is 1.19. The summed E-state index contributed by atoms with van der Waals surface area (Å²) in [6.45, 7) is 0. The number of azo groups is 1. The number of benzene rings is 1. The number of hydrazone groups is 1. The lowest BCUT2D eigenvalue weighted by molar-refractivity contribution is -0.365. The Morgan fingerprint density at radius 1 is 1.47 bits per heavy atom. The van der Waals surface area contributed by atoms with E-state index in [9.17, 15) is 10.1 Å². The zero-order valence-electron chi connectivity index (χ0n) is 9.70. The largest absolute Gasteiger partial charge is 0.517 e. The summed E-state index contributed by atoms with van der Waals surface area (Å²) in [6, 6.07) is 8.32. The highest BCUT2D eigenvalue weighted by atomic mass is 17.0. The highest BCUT2D eigenvalue weighted by Crippen LogP contribution is 2.11. The van der Waals surface area contributed by atoms with Crippen LogP contribution in [-0.2, 0) is 4.84 Å². The fraction of sp³-hybridized carbons (Fsp3) is 0.111. The average Bonchev–Trinajstić information content (AvgIpc) is 2.42. The van der Waals surface area contributed by atoms with Gasteiger partial charge in [0.15, 0.2) is 5.75 Å². The third-order valence-corrected chi connectivity index (χ3v) is 1.60. The molecule has 0 heterocycles. The number of nitro groups is 1. The molecule has 98 valence electrons. The third-order valence-electron chi connectivity index (χ3n) is 1.60. The predicted octanol–water partition coefficient (Wildman–Crippen LogP) is 1.32. The molecule has 0 amide bonds. The smallest absolute Gasteiger partial charge is 0.390 e. The number of rotatable bonds is 4. The number of nitrogens with zero attached hydrogens (tertiary/aromatic N) is 6. The van der Waals surface area contributed by atoms with E-state index < -0.39 is 10.9 Å². The van der Waals surface area contributed by atoms with Gasteiger partial charge in [-0.2, -0.15) is 5.26 Å². The van der Waals surface area contributed by atoms with Gasteiger partial charge in [-0.05, 0) is 17.1 Å². The highest BCUT2D eigenvalue weighted by molar-refractivity contribution is 5.71. The van der Waals surface area contributed by atoms with Crippen LogP contribution >= 0.6 is 0 Å². The van der Waals surface area contributed by atoms with Gasteiger partial charge in [-0.3, -0.25) is 0 Å². The standard InChI is InChI=1S/C9H8N6O4/c1-18-15(19-8-5-3-2-4-6-8)13-9(14(16)17)12-11-7-10/h2-6H,1H3/b12-11+,13-9-. The third kappa shape index (κ3) is 4.75. The van der Waals surface area contributed by atoms with Crippen molar-refractivity contribution < 1.29 is 14.6 Å². The molecule has 0 N–H and O–H groups in total. The molecule has 0 saturated heterocycles. The fourth-order valence-electron chi connectivity index (χ4n) is 0.903. The summed E-state index contributed by atoms with van der Waals surface area (Å²) in [6.07, 6.45) is 1.27. The molecule has 1 rings (SSSR count). The molecule has 0 aliphatic heterocycles. The molecule has 0 bridgehead atoms. The summed E-state index contributed by atoms with van der Waals surface area (Å²) >= 11 is 0. The predicted molar refractivity (Wildman–Crippen MR) is 60.8 cm³/mol. The maximum atomic E-state index is 10.6. The van der Waals surface area contributed by atoms with E-state index in [4.69, 9.17) is 10.1 Å². The minimum Gasteiger partial charge on any atom is -0.390 e. The van der Waals surface area contributed by atoms with E-state index in [0.717, 1.165) is 0 Å². The summed E-state index contributed by atoms with van der Waals surface area (Å²) in [4.78, 5) is 19.3. The molecule has 0 fully saturated rings. The molecule has 0 aromatic heterocycles. The molecule has 19 heavy (non-hydrogen) atoms. The van der Waals surface area contributed by atoms with Gasteiger partial charge in [-0.15, -0.1) is 0 Å². The molecule has 0 saturated carbocycles. The molecule has 10 heteroatoms. The van der Waals surface area contributed by atoms with Crippen molar-refractivity contribution in [2.45, 2.75) is 0 Å². The second-order valence-electron chi connectivity index (χ2n) is 2.78. The van der Waals surface area contributed by atoms with Crippen molar-refractivity contribution in [3.63, 3.8) is 0 Å². The van der Waals surface area contributed by atoms with Gasteiger partial charge in [0.2, 0.25) is 6.19 Å². The van der Waals surface area contributed by atoms with E-state index in [1.165, 1.54) is 13.3 Å². The molecule has 10 nitrogen and oxygen atoms in total. The topological polar surface area (TPSA) is 126 Å². The van der Waals surface area contributed by atoms with Crippen LogP contribution in [0.4, 0.5) is 0 Å². The van der Waals surface area contributed by atoms with Crippen molar-refractivity contribution in [3.8, 4) is 11.9 Å². The van der Waals surface area contributed by atoms with Gasteiger partial charge >= 0.3 is 5.96 Å². The zero-order valence-corrected chi connectivity index (χ0v) is 9.70. The van der Waals surface area contributed by atoms with E-state index in [2.05, 4.69) is 20.2 Å². The first-order chi connectivity index (χ1) is 9.17. The lowest BCUT2D eigenvalue weighted by atomic mass is 10.3. The van der Waals surface area contributed by atoms with Crippen molar-refractivity contribution in [2.24, 2.45) is 15.3 Å². The Kier molecular flexibility index (Phi) is 5.38. The number of hydrogen-bond donors (Lipinski definition) is 0. The summed E-state index contributed by atoms with van der Waals surface area (Å²) in [5.41, 5.74) is 0. The first-order valence-corrected chi connectivity index (χ1v) is 4.77. The molecule has 0 spiro atoms. The van der Waals surface area contributed by atoms with E-state index >= 15 is 0 Å². The molecule has 0 unspecified atom stereocenters. The van der Waals surface area contributed by atoms with Crippen LogP contribution in [0.25, 0.3) is 0 Å². The van der Waals surface area contributed by atoms with E-state index in [1.54, 1.807) is 30.3 Å². The summed E-state index contributed by atoms with van der Waals surface area (Å²) in [5.74, 6) is -0.618. The van der Waals surface area contributed by atoms with Gasteiger partial charge in [0, 0.05) is 5.11 Å². The van der Waals surface area contributed by atoms with Crippen LogP contribution in [0.5, 0.6) is 5.75 Å². The Bertz CT molecular complexity index is 523. The van der Waals surface area contributed by atoms with Crippen molar-refractivity contribution >= 4 is 5.96 Å². The normalized spacial score (nSPS) is 11.1. The van der Waals surface area contributed by atoms with Gasteiger partial charge < -0.3 is 15.0 Å². The monoisotopic (exact) mass is 264 g/mol. The van der Waals surface area contributed by atoms with Crippen LogP contribution in [-0.4, -0.2) is 23.3 Å². The maximum Gasteiger partial charge on any atom is 0.517 e. The first kappa shape index (κ1) is 14.0. The Hall–Kier alpha value is -3.06. The zero-order chi connectivity index (χ0) is 14.1. The van der Waals surface area contributed by atoms with Crippen molar-refractivity contribution in [3.05, 3.63) is 40.4 Å². The van der Waals surface area contributed by atoms with Crippen LogP contribution < -0.4 is 4.84 Å². The van der Waals surface area contributed by atoms with Gasteiger partial charge in [-0.25, -0.2) is 4.84 Å². The molecule has 1 aromatic rings. The lowest BCUT2D eigenvalue weighted by Gasteiger charge is -2.10. The van der Waals surface area contributed by atoms with Crippen LogP contribution in [0.15, 0.2) is 45.7 Å². The molecule has 0 atom stereocenters. The van der Waals surface area contributed by atoms with Crippen LogP contribution in [0.1, 0.15) is 0 Å². The number of guanidine groups is 1. The molecule has 0 radical (unpaired) electrons. The minimum absolute atomic E-state index is 0.341. The Balaban J connectivity index is 2.87. The van der Waals surface area contributed by atoms with Gasteiger partial charge in [0.1, 0.15) is 0 Å². The van der Waals surface area contributed by atoms with Gasteiger partial charge in [-0.1, -0.05) is 18.2 Å². The molecular formula is C9H8N6O4. The molecule has 1 aromatic carbocycles. The second-order valence-corrected chi connectivity index (χ2v) is 2.78. The van der Waals surface area contributed by atoms with E-state index in [-0.39, 0.29) is 0 Å². The summed E-state index contributed by atoms with van der Waals surface area (Å²) in [5, 5.41) is 28.3. The second kappa shape index (κ2) is 7.30. The number of para-hydroxylation sites is 1. The average molecular weight is 264 g/mol. The quantitative estimate of drug-likeness (QED) is 0.201. The lowest BCUT2D eigenvalue weighted by Crippen LogP contribution is -2.24. The molecule has 0 aliphatic rings. The molecular weight excluding hydrogens is 256 g/mol. The van der Waals surface area contributed by atoms with Crippen LogP contribution in [0, 0.1) is 21.6 Å². The Labute approximate surface area is 107 Å². The van der Waals surface area contributed by atoms with E-state index in [1.807, 2.05) is 0 Å². The first-order valence-electron chi connectivity index (χ1n) is 4.77. The van der Waals surface area contributed by atoms with Crippen molar-refractivity contribution in [2.75, 3.05) is 7.11 Å². The Morgan fingerprint density at radius 3 is 2.68 bits per heavy atom. The Morgan fingerprint density at radius 2 is 2.16 bits per heavy atom. The summed E-state index contributed by atoms with van der Waals surface area (Å²) < 4.78 is 0. The van der Waals surface area contributed by atoms with E-state index in [0.29, 0.717) is 11.1 Å². The number of nitriles is 1. The number of hydrogen-bond acceptors (Lipinski definition) is 8. The fourth-order valence-corrected chi connectivity index (χ4v) is 0.903. The minimum atomic E-state index is -0.959. The highest BCUT2D eigenvalue weighted by Gasteiger charge is 2.18. The maximum absolute atomic E-state index is 10.6. The van der Waals surface area contributed by atoms with Crippen molar-refractivity contribution in [1.82, 2.24) is 5.34 Å². The van der Waals surface area contributed by atoms with Gasteiger partial charge in [0.25, 0.3) is 0 Å².